The smallest absolute Gasteiger partial charge is 0.409 e. The van der Waals surface area contributed by atoms with E-state index >= 15 is 0 Å². The highest BCUT2D eigenvalue weighted by Crippen LogP contribution is 2.16. The van der Waals surface area contributed by atoms with E-state index in [1.165, 1.54) is 12.1 Å². The molecule has 21 heavy (non-hydrogen) atoms. The molecule has 2 rings (SSSR count). The number of carbonyl (C=O) groups excluding carboxylic acids is 2. The third-order valence-electron chi connectivity index (χ3n) is 3.19. The number of urea groups is 1. The summed E-state index contributed by atoms with van der Waals surface area (Å²) in [5, 5.41) is 12.1. The number of carbonyl (C=O) groups is 2. The summed E-state index contributed by atoms with van der Waals surface area (Å²) in [6.45, 7) is 3.90. The molecule has 0 spiro atoms. The first kappa shape index (κ1) is 15.0. The number of amides is 3. The molecule has 1 saturated heterocycles. The molecular weight excluding hydrogens is 274 g/mol. The molecule has 2 N–H and O–H groups in total. The lowest BCUT2D eigenvalue weighted by Crippen LogP contribution is -2.51. The summed E-state index contributed by atoms with van der Waals surface area (Å²) in [5.74, 6) is 0.0972. The Labute approximate surface area is 123 Å². The van der Waals surface area contributed by atoms with Gasteiger partial charge in [0, 0.05) is 37.9 Å². The van der Waals surface area contributed by atoms with Crippen molar-refractivity contribution in [1.82, 2.24) is 9.80 Å². The normalized spacial score (nSPS) is 14.7. The van der Waals surface area contributed by atoms with E-state index in [2.05, 4.69) is 5.32 Å². The number of ether oxygens (including phenoxy) is 1. The SMILES string of the molecule is CCOC(=O)N1CCN(C(=O)Nc2cccc(O)c2)CC1. The summed E-state index contributed by atoms with van der Waals surface area (Å²) in [5.41, 5.74) is 0.535. The standard InChI is InChI=1S/C14H19N3O4/c1-2-21-14(20)17-8-6-16(7-9-17)13(19)15-11-4-3-5-12(18)10-11/h3-5,10,18H,2,6-9H2,1H3,(H,15,19). The zero-order valence-electron chi connectivity index (χ0n) is 11.9. The van der Waals surface area contributed by atoms with Gasteiger partial charge in [-0.15, -0.1) is 0 Å². The number of benzene rings is 1. The second kappa shape index (κ2) is 6.83. The molecule has 3 amide bonds. The van der Waals surface area contributed by atoms with E-state index in [4.69, 9.17) is 4.74 Å². The Bertz CT molecular complexity index is 513. The van der Waals surface area contributed by atoms with Crippen LogP contribution in [0.5, 0.6) is 5.75 Å². The Morgan fingerprint density at radius 1 is 1.24 bits per heavy atom. The van der Waals surface area contributed by atoms with Crippen LogP contribution in [0, 0.1) is 0 Å². The van der Waals surface area contributed by atoms with Crippen LogP contribution in [0.4, 0.5) is 15.3 Å². The predicted molar refractivity (Wildman–Crippen MR) is 77.3 cm³/mol. The van der Waals surface area contributed by atoms with E-state index in [9.17, 15) is 14.7 Å². The van der Waals surface area contributed by atoms with Crippen LogP contribution >= 0.6 is 0 Å². The van der Waals surface area contributed by atoms with Gasteiger partial charge in [-0.25, -0.2) is 9.59 Å². The van der Waals surface area contributed by atoms with Gasteiger partial charge in [0.15, 0.2) is 0 Å². The largest absolute Gasteiger partial charge is 0.508 e. The van der Waals surface area contributed by atoms with Crippen molar-refractivity contribution >= 4 is 17.8 Å². The van der Waals surface area contributed by atoms with E-state index in [-0.39, 0.29) is 17.9 Å². The molecular formula is C14H19N3O4. The van der Waals surface area contributed by atoms with E-state index in [0.717, 1.165) is 0 Å². The monoisotopic (exact) mass is 293 g/mol. The number of piperazine rings is 1. The van der Waals surface area contributed by atoms with Crippen molar-refractivity contribution in [2.75, 3.05) is 38.1 Å². The molecule has 0 aromatic heterocycles. The minimum absolute atomic E-state index is 0.0972. The highest BCUT2D eigenvalue weighted by molar-refractivity contribution is 5.89. The van der Waals surface area contributed by atoms with Gasteiger partial charge in [-0.05, 0) is 19.1 Å². The van der Waals surface area contributed by atoms with Crippen molar-refractivity contribution in [1.29, 1.82) is 0 Å². The number of phenolic OH excluding ortho intramolecular Hbond substituents is 1. The lowest BCUT2D eigenvalue weighted by Gasteiger charge is -2.33. The fourth-order valence-electron chi connectivity index (χ4n) is 2.09. The first-order valence-corrected chi connectivity index (χ1v) is 6.87. The molecule has 1 aromatic carbocycles. The second-order valence-corrected chi connectivity index (χ2v) is 4.65. The Balaban J connectivity index is 1.84. The number of hydrogen-bond donors (Lipinski definition) is 2. The van der Waals surface area contributed by atoms with Crippen LogP contribution in [0.2, 0.25) is 0 Å². The average molecular weight is 293 g/mol. The lowest BCUT2D eigenvalue weighted by atomic mass is 10.3. The summed E-state index contributed by atoms with van der Waals surface area (Å²) < 4.78 is 4.93. The zero-order chi connectivity index (χ0) is 15.2. The van der Waals surface area contributed by atoms with Gasteiger partial charge in [-0.2, -0.15) is 0 Å². The van der Waals surface area contributed by atoms with Gasteiger partial charge in [0.1, 0.15) is 5.75 Å². The number of aromatic hydroxyl groups is 1. The summed E-state index contributed by atoms with van der Waals surface area (Å²) in [6.07, 6.45) is -0.342. The van der Waals surface area contributed by atoms with E-state index in [1.54, 1.807) is 28.9 Å². The summed E-state index contributed by atoms with van der Waals surface area (Å²) in [6, 6.07) is 6.13. The Kier molecular flexibility index (Phi) is 4.86. The fourth-order valence-corrected chi connectivity index (χ4v) is 2.09. The van der Waals surface area contributed by atoms with Crippen molar-refractivity contribution in [2.24, 2.45) is 0 Å². The molecule has 1 aliphatic heterocycles. The fraction of sp³-hybridized carbons (Fsp3) is 0.429. The molecule has 1 aliphatic rings. The van der Waals surface area contributed by atoms with Gasteiger partial charge in [0.2, 0.25) is 0 Å². The topological polar surface area (TPSA) is 82.1 Å². The number of hydrogen-bond acceptors (Lipinski definition) is 4. The van der Waals surface area contributed by atoms with E-state index in [0.29, 0.717) is 38.5 Å². The van der Waals surface area contributed by atoms with Crippen molar-refractivity contribution < 1.29 is 19.4 Å². The second-order valence-electron chi connectivity index (χ2n) is 4.65. The number of phenols is 1. The average Bonchev–Trinajstić information content (AvgIpc) is 2.47. The molecule has 0 saturated carbocycles. The first-order chi connectivity index (χ1) is 10.1. The summed E-state index contributed by atoms with van der Waals surface area (Å²) in [7, 11) is 0. The highest BCUT2D eigenvalue weighted by atomic mass is 16.6. The van der Waals surface area contributed by atoms with Crippen LogP contribution in [-0.4, -0.2) is 59.8 Å². The van der Waals surface area contributed by atoms with E-state index in [1.807, 2.05) is 0 Å². The van der Waals surface area contributed by atoms with Crippen LogP contribution in [0.15, 0.2) is 24.3 Å². The van der Waals surface area contributed by atoms with Crippen LogP contribution in [0.25, 0.3) is 0 Å². The first-order valence-electron chi connectivity index (χ1n) is 6.87. The lowest BCUT2D eigenvalue weighted by molar-refractivity contribution is 0.0868. The molecule has 1 heterocycles. The van der Waals surface area contributed by atoms with Gasteiger partial charge in [-0.3, -0.25) is 0 Å². The van der Waals surface area contributed by atoms with Gasteiger partial charge < -0.3 is 25.0 Å². The summed E-state index contributed by atoms with van der Waals surface area (Å²) in [4.78, 5) is 26.8. The number of nitrogens with zero attached hydrogens (tertiary/aromatic N) is 2. The number of rotatable bonds is 2. The van der Waals surface area contributed by atoms with Gasteiger partial charge >= 0.3 is 12.1 Å². The zero-order valence-corrected chi connectivity index (χ0v) is 11.9. The Hall–Kier alpha value is -2.44. The molecule has 7 heteroatoms. The van der Waals surface area contributed by atoms with Gasteiger partial charge in [-0.1, -0.05) is 6.07 Å². The third kappa shape index (κ3) is 4.01. The Morgan fingerprint density at radius 3 is 2.52 bits per heavy atom. The molecule has 1 aromatic rings. The molecule has 0 atom stereocenters. The molecule has 0 aliphatic carbocycles. The van der Waals surface area contributed by atoms with Crippen LogP contribution in [0.1, 0.15) is 6.92 Å². The predicted octanol–water partition coefficient (Wildman–Crippen LogP) is 1.70. The van der Waals surface area contributed by atoms with Crippen LogP contribution < -0.4 is 5.32 Å². The molecule has 0 unspecified atom stereocenters. The van der Waals surface area contributed by atoms with Crippen molar-refractivity contribution in [3.05, 3.63) is 24.3 Å². The highest BCUT2D eigenvalue weighted by Gasteiger charge is 2.24. The van der Waals surface area contributed by atoms with Crippen molar-refractivity contribution in [3.63, 3.8) is 0 Å². The van der Waals surface area contributed by atoms with Crippen LogP contribution in [0.3, 0.4) is 0 Å². The molecule has 0 bridgehead atoms. The van der Waals surface area contributed by atoms with Crippen molar-refractivity contribution in [3.8, 4) is 5.75 Å². The number of nitrogens with one attached hydrogen (secondary N) is 1. The molecule has 114 valence electrons. The third-order valence-corrected chi connectivity index (χ3v) is 3.19. The molecule has 0 radical (unpaired) electrons. The van der Waals surface area contributed by atoms with E-state index < -0.39 is 0 Å². The maximum atomic E-state index is 12.1. The minimum Gasteiger partial charge on any atom is -0.508 e. The molecule has 1 fully saturated rings. The quantitative estimate of drug-likeness (QED) is 0.869. The molecule has 7 nitrogen and oxygen atoms in total. The van der Waals surface area contributed by atoms with Crippen LogP contribution in [-0.2, 0) is 4.74 Å². The summed E-state index contributed by atoms with van der Waals surface area (Å²) >= 11 is 0. The minimum atomic E-state index is -0.342. The maximum Gasteiger partial charge on any atom is 0.409 e. The van der Waals surface area contributed by atoms with Crippen molar-refractivity contribution in [2.45, 2.75) is 6.92 Å². The van der Waals surface area contributed by atoms with Gasteiger partial charge in [0.25, 0.3) is 0 Å². The van der Waals surface area contributed by atoms with Gasteiger partial charge in [0.05, 0.1) is 6.61 Å². The maximum absolute atomic E-state index is 12.1. The Morgan fingerprint density at radius 2 is 1.90 bits per heavy atom. The number of anilines is 1.